The largest absolute Gasteiger partial charge is 0.342 e. The molecule has 0 fully saturated rings. The predicted octanol–water partition coefficient (Wildman–Crippen LogP) is 2.84. The summed E-state index contributed by atoms with van der Waals surface area (Å²) in [7, 11) is 1.95. The van der Waals surface area contributed by atoms with Gasteiger partial charge in [-0.2, -0.15) is 0 Å². The van der Waals surface area contributed by atoms with Crippen molar-refractivity contribution < 1.29 is 4.39 Å². The maximum atomic E-state index is 13.3. The molecule has 0 radical (unpaired) electrons. The Kier molecular flexibility index (Phi) is 2.80. The van der Waals surface area contributed by atoms with Crippen LogP contribution in [-0.4, -0.2) is 9.55 Å². The Morgan fingerprint density at radius 2 is 2.05 bits per heavy atom. The molecule has 0 amide bonds. The fraction of sp³-hybridized carbons (Fsp3) is 0.133. The van der Waals surface area contributed by atoms with E-state index < -0.39 is 0 Å². The number of hydrogen-bond donors (Lipinski definition) is 1. The molecule has 0 saturated carbocycles. The van der Waals surface area contributed by atoms with Crippen molar-refractivity contribution in [2.24, 2.45) is 12.8 Å². The molecule has 3 rings (SSSR count). The summed E-state index contributed by atoms with van der Waals surface area (Å²) in [5, 5.41) is 0.873. The predicted molar refractivity (Wildman–Crippen MR) is 74.0 cm³/mol. The maximum absolute atomic E-state index is 13.3. The first-order valence-corrected chi connectivity index (χ1v) is 6.09. The second-order valence-electron chi connectivity index (χ2n) is 4.55. The maximum Gasteiger partial charge on any atom is 0.123 e. The van der Waals surface area contributed by atoms with E-state index >= 15 is 0 Å². The molecule has 0 aliphatic carbocycles. The summed E-state index contributed by atoms with van der Waals surface area (Å²) in [5.74, 6) is -0.228. The summed E-state index contributed by atoms with van der Waals surface area (Å²) < 4.78 is 15.3. The standard InChI is InChI=1S/C15H14FN3/c1-19-14-3-2-12(16)7-11(14)8-15(19)13-6-10(9-17)4-5-18-13/h2-8H,9,17H2,1H3. The Labute approximate surface area is 110 Å². The van der Waals surface area contributed by atoms with E-state index in [0.29, 0.717) is 6.54 Å². The zero-order valence-electron chi connectivity index (χ0n) is 10.6. The van der Waals surface area contributed by atoms with Gasteiger partial charge in [0.2, 0.25) is 0 Å². The number of pyridine rings is 1. The SMILES string of the molecule is Cn1c(-c2cc(CN)ccn2)cc2cc(F)ccc21. The van der Waals surface area contributed by atoms with Crippen LogP contribution >= 0.6 is 0 Å². The van der Waals surface area contributed by atoms with Crippen molar-refractivity contribution in [2.75, 3.05) is 0 Å². The van der Waals surface area contributed by atoms with E-state index in [1.54, 1.807) is 12.3 Å². The van der Waals surface area contributed by atoms with Gasteiger partial charge < -0.3 is 10.3 Å². The molecule has 0 unspecified atom stereocenters. The van der Waals surface area contributed by atoms with Crippen LogP contribution in [0.5, 0.6) is 0 Å². The van der Waals surface area contributed by atoms with Gasteiger partial charge in [-0.05, 0) is 42.0 Å². The van der Waals surface area contributed by atoms with Crippen LogP contribution in [0, 0.1) is 5.82 Å². The smallest absolute Gasteiger partial charge is 0.123 e. The van der Waals surface area contributed by atoms with Gasteiger partial charge in [-0.3, -0.25) is 4.98 Å². The van der Waals surface area contributed by atoms with Crippen molar-refractivity contribution in [3.05, 3.63) is 54.0 Å². The quantitative estimate of drug-likeness (QED) is 0.765. The van der Waals surface area contributed by atoms with Crippen molar-refractivity contribution in [2.45, 2.75) is 6.54 Å². The van der Waals surface area contributed by atoms with E-state index in [-0.39, 0.29) is 5.82 Å². The van der Waals surface area contributed by atoms with E-state index in [2.05, 4.69) is 4.98 Å². The number of fused-ring (bicyclic) bond motifs is 1. The van der Waals surface area contributed by atoms with Gasteiger partial charge in [0.1, 0.15) is 5.82 Å². The zero-order valence-corrected chi connectivity index (χ0v) is 10.6. The summed E-state index contributed by atoms with van der Waals surface area (Å²) >= 11 is 0. The van der Waals surface area contributed by atoms with Crippen molar-refractivity contribution in [3.63, 3.8) is 0 Å². The van der Waals surface area contributed by atoms with E-state index in [4.69, 9.17) is 5.73 Å². The molecule has 2 N–H and O–H groups in total. The minimum Gasteiger partial charge on any atom is -0.342 e. The molecule has 19 heavy (non-hydrogen) atoms. The van der Waals surface area contributed by atoms with Gasteiger partial charge in [0.25, 0.3) is 0 Å². The third kappa shape index (κ3) is 2.00. The third-order valence-corrected chi connectivity index (χ3v) is 3.33. The molecule has 1 aromatic carbocycles. The Bertz CT molecular complexity index is 746. The molecule has 0 aliphatic heterocycles. The lowest BCUT2D eigenvalue weighted by atomic mass is 10.2. The molecule has 96 valence electrons. The van der Waals surface area contributed by atoms with Crippen LogP contribution in [0.3, 0.4) is 0 Å². The molecule has 3 aromatic rings. The summed E-state index contributed by atoms with van der Waals surface area (Å²) in [4.78, 5) is 4.37. The van der Waals surface area contributed by atoms with Gasteiger partial charge in [0.05, 0.1) is 11.4 Å². The van der Waals surface area contributed by atoms with Gasteiger partial charge in [-0.25, -0.2) is 4.39 Å². The lowest BCUT2D eigenvalue weighted by molar-refractivity contribution is 0.629. The highest BCUT2D eigenvalue weighted by Gasteiger charge is 2.09. The molecular weight excluding hydrogens is 241 g/mol. The van der Waals surface area contributed by atoms with Gasteiger partial charge in [-0.1, -0.05) is 0 Å². The Balaban J connectivity index is 2.21. The molecule has 3 nitrogen and oxygen atoms in total. The van der Waals surface area contributed by atoms with E-state index in [1.807, 2.05) is 29.8 Å². The highest BCUT2D eigenvalue weighted by Crippen LogP contribution is 2.26. The number of aromatic nitrogens is 2. The Morgan fingerprint density at radius 1 is 1.21 bits per heavy atom. The van der Waals surface area contributed by atoms with Gasteiger partial charge >= 0.3 is 0 Å². The minimum absolute atomic E-state index is 0.228. The van der Waals surface area contributed by atoms with Crippen LogP contribution in [0.25, 0.3) is 22.3 Å². The number of benzene rings is 1. The third-order valence-electron chi connectivity index (χ3n) is 3.33. The first-order valence-electron chi connectivity index (χ1n) is 6.09. The van der Waals surface area contributed by atoms with E-state index in [9.17, 15) is 4.39 Å². The van der Waals surface area contributed by atoms with Crippen LogP contribution in [0.4, 0.5) is 4.39 Å². The highest BCUT2D eigenvalue weighted by atomic mass is 19.1. The van der Waals surface area contributed by atoms with Crippen LogP contribution in [-0.2, 0) is 13.6 Å². The molecule has 0 saturated heterocycles. The van der Waals surface area contributed by atoms with Crippen molar-refractivity contribution in [1.29, 1.82) is 0 Å². The van der Waals surface area contributed by atoms with Crippen LogP contribution in [0.15, 0.2) is 42.6 Å². The van der Waals surface area contributed by atoms with Gasteiger partial charge in [0.15, 0.2) is 0 Å². The molecule has 0 bridgehead atoms. The summed E-state index contributed by atoms with van der Waals surface area (Å²) in [6.07, 6.45) is 1.75. The lowest BCUT2D eigenvalue weighted by Crippen LogP contribution is -1.98. The molecular formula is C15H14FN3. The highest BCUT2D eigenvalue weighted by molar-refractivity contribution is 5.86. The first kappa shape index (κ1) is 11.9. The second kappa shape index (κ2) is 4.48. The second-order valence-corrected chi connectivity index (χ2v) is 4.55. The van der Waals surface area contributed by atoms with Crippen LogP contribution < -0.4 is 5.73 Å². The normalized spacial score (nSPS) is 11.1. The van der Waals surface area contributed by atoms with Crippen molar-refractivity contribution in [1.82, 2.24) is 9.55 Å². The number of aryl methyl sites for hydroxylation is 1. The zero-order chi connectivity index (χ0) is 13.4. The van der Waals surface area contributed by atoms with Gasteiger partial charge in [-0.15, -0.1) is 0 Å². The molecule has 4 heteroatoms. The average Bonchev–Trinajstić information content (AvgIpc) is 2.75. The topological polar surface area (TPSA) is 43.8 Å². The Morgan fingerprint density at radius 3 is 2.84 bits per heavy atom. The van der Waals surface area contributed by atoms with E-state index in [1.165, 1.54) is 12.1 Å². The van der Waals surface area contributed by atoms with Crippen LogP contribution in [0.2, 0.25) is 0 Å². The summed E-state index contributed by atoms with van der Waals surface area (Å²) in [6, 6.07) is 10.6. The fourth-order valence-corrected chi connectivity index (χ4v) is 2.31. The van der Waals surface area contributed by atoms with Crippen molar-refractivity contribution >= 4 is 10.9 Å². The molecule has 0 spiro atoms. The van der Waals surface area contributed by atoms with Crippen LogP contribution in [0.1, 0.15) is 5.56 Å². The Hall–Kier alpha value is -2.20. The number of nitrogens with zero attached hydrogens (tertiary/aromatic N) is 2. The van der Waals surface area contributed by atoms with Crippen molar-refractivity contribution in [3.8, 4) is 11.4 Å². The number of halogens is 1. The number of hydrogen-bond acceptors (Lipinski definition) is 2. The molecule has 0 atom stereocenters. The summed E-state index contributed by atoms with van der Waals surface area (Å²) in [5.41, 5.74) is 9.46. The first-order chi connectivity index (χ1) is 9.19. The van der Waals surface area contributed by atoms with Gasteiger partial charge in [0, 0.05) is 30.7 Å². The monoisotopic (exact) mass is 255 g/mol. The number of rotatable bonds is 2. The summed E-state index contributed by atoms with van der Waals surface area (Å²) in [6.45, 7) is 0.480. The molecule has 2 heterocycles. The number of nitrogens with two attached hydrogens (primary N) is 1. The average molecular weight is 255 g/mol. The molecule has 2 aromatic heterocycles. The lowest BCUT2D eigenvalue weighted by Gasteiger charge is -2.05. The molecule has 0 aliphatic rings. The fourth-order valence-electron chi connectivity index (χ4n) is 2.31. The van der Waals surface area contributed by atoms with E-state index in [0.717, 1.165) is 27.9 Å². The minimum atomic E-state index is -0.228.